The zero-order chi connectivity index (χ0) is 13.2. The van der Waals surface area contributed by atoms with Gasteiger partial charge in [0.25, 0.3) is 0 Å². The fourth-order valence-corrected chi connectivity index (χ4v) is 3.24. The van der Waals surface area contributed by atoms with Crippen LogP contribution < -0.4 is 10.1 Å². The third-order valence-corrected chi connectivity index (χ3v) is 4.29. The summed E-state index contributed by atoms with van der Waals surface area (Å²) in [6, 6.07) is 5.31. The van der Waals surface area contributed by atoms with Gasteiger partial charge in [-0.15, -0.1) is 11.3 Å². The van der Waals surface area contributed by atoms with Crippen molar-refractivity contribution in [3.8, 4) is 17.0 Å². The quantitative estimate of drug-likeness (QED) is 0.934. The lowest BCUT2D eigenvalue weighted by Gasteiger charge is -2.05. The fourth-order valence-electron chi connectivity index (χ4n) is 2.30. The Bertz CT molecular complexity index is 579. The summed E-state index contributed by atoms with van der Waals surface area (Å²) in [7, 11) is 1.46. The molecule has 1 saturated heterocycles. The van der Waals surface area contributed by atoms with Gasteiger partial charge in [-0.1, -0.05) is 0 Å². The van der Waals surface area contributed by atoms with Gasteiger partial charge in [0.1, 0.15) is 5.01 Å². The summed E-state index contributed by atoms with van der Waals surface area (Å²) < 4.78 is 18.6. The third kappa shape index (κ3) is 2.48. The van der Waals surface area contributed by atoms with Gasteiger partial charge in [-0.2, -0.15) is 0 Å². The molecule has 2 heterocycles. The van der Waals surface area contributed by atoms with Crippen molar-refractivity contribution < 1.29 is 9.13 Å². The summed E-state index contributed by atoms with van der Waals surface area (Å²) in [5, 5.41) is 6.49. The number of nitrogens with zero attached hydrogens (tertiary/aromatic N) is 1. The highest BCUT2D eigenvalue weighted by Crippen LogP contribution is 2.31. The number of thiazole rings is 1. The van der Waals surface area contributed by atoms with E-state index >= 15 is 0 Å². The lowest BCUT2D eigenvalue weighted by Crippen LogP contribution is -2.12. The molecule has 0 saturated carbocycles. The van der Waals surface area contributed by atoms with Crippen molar-refractivity contribution in [3.05, 3.63) is 34.4 Å². The van der Waals surface area contributed by atoms with Crippen LogP contribution in [0.3, 0.4) is 0 Å². The van der Waals surface area contributed by atoms with Crippen LogP contribution in [0.2, 0.25) is 0 Å². The molecule has 0 spiro atoms. The standard InChI is InChI=1S/C14H15FN2OS/c1-18-13-5-4-9(7-10(13)15)12-8-19-14(17-12)11-3-2-6-16-11/h4-5,7-8,11,16H,2-3,6H2,1H3. The van der Waals surface area contributed by atoms with Crippen LogP contribution in [-0.4, -0.2) is 18.6 Å². The van der Waals surface area contributed by atoms with Crippen LogP contribution in [0.5, 0.6) is 5.75 Å². The van der Waals surface area contributed by atoms with Crippen LogP contribution in [0.25, 0.3) is 11.3 Å². The van der Waals surface area contributed by atoms with Crippen LogP contribution in [-0.2, 0) is 0 Å². The first kappa shape index (κ1) is 12.6. The van der Waals surface area contributed by atoms with Crippen molar-refractivity contribution in [3.63, 3.8) is 0 Å². The Labute approximate surface area is 115 Å². The van der Waals surface area contributed by atoms with Crippen molar-refractivity contribution in [1.29, 1.82) is 0 Å². The molecule has 1 unspecified atom stereocenters. The van der Waals surface area contributed by atoms with E-state index in [0.29, 0.717) is 6.04 Å². The number of benzene rings is 1. The van der Waals surface area contributed by atoms with E-state index in [9.17, 15) is 4.39 Å². The second-order valence-corrected chi connectivity index (χ2v) is 5.46. The highest BCUT2D eigenvalue weighted by Gasteiger charge is 2.19. The highest BCUT2D eigenvalue weighted by atomic mass is 32.1. The maximum absolute atomic E-state index is 13.7. The van der Waals surface area contributed by atoms with E-state index in [2.05, 4.69) is 10.3 Å². The molecule has 1 aromatic heterocycles. The zero-order valence-electron chi connectivity index (χ0n) is 10.6. The Hall–Kier alpha value is -1.46. The zero-order valence-corrected chi connectivity index (χ0v) is 11.5. The summed E-state index contributed by atoms with van der Waals surface area (Å²) in [4.78, 5) is 4.61. The first-order valence-electron chi connectivity index (χ1n) is 6.30. The van der Waals surface area contributed by atoms with Gasteiger partial charge in [-0.05, 0) is 37.6 Å². The molecule has 2 aromatic rings. The van der Waals surface area contributed by atoms with Crippen molar-refractivity contribution in [2.45, 2.75) is 18.9 Å². The average Bonchev–Trinajstić information content (AvgIpc) is 3.09. The van der Waals surface area contributed by atoms with Gasteiger partial charge < -0.3 is 10.1 Å². The Kier molecular flexibility index (Phi) is 3.48. The first-order chi connectivity index (χ1) is 9.28. The predicted molar refractivity (Wildman–Crippen MR) is 74.0 cm³/mol. The molecular formula is C14H15FN2OS. The Morgan fingerprint density at radius 3 is 3.05 bits per heavy atom. The predicted octanol–water partition coefficient (Wildman–Crippen LogP) is 3.38. The number of hydrogen-bond donors (Lipinski definition) is 1. The topological polar surface area (TPSA) is 34.1 Å². The maximum Gasteiger partial charge on any atom is 0.165 e. The lowest BCUT2D eigenvalue weighted by atomic mass is 10.1. The van der Waals surface area contributed by atoms with Crippen LogP contribution >= 0.6 is 11.3 Å². The number of aromatic nitrogens is 1. The summed E-state index contributed by atoms with van der Waals surface area (Å²) >= 11 is 1.63. The van der Waals surface area contributed by atoms with Gasteiger partial charge >= 0.3 is 0 Å². The Balaban J connectivity index is 1.87. The molecular weight excluding hydrogens is 263 g/mol. The van der Waals surface area contributed by atoms with Crippen LogP contribution in [0, 0.1) is 5.82 Å². The summed E-state index contributed by atoms with van der Waals surface area (Å²) in [6.45, 7) is 1.05. The molecule has 1 aliphatic heterocycles. The van der Waals surface area contributed by atoms with Crippen LogP contribution in [0.4, 0.5) is 4.39 Å². The summed E-state index contributed by atoms with van der Waals surface area (Å²) in [5.74, 6) is -0.0924. The minimum Gasteiger partial charge on any atom is -0.494 e. The second-order valence-electron chi connectivity index (χ2n) is 4.57. The number of methoxy groups -OCH3 is 1. The Morgan fingerprint density at radius 2 is 2.37 bits per heavy atom. The molecule has 1 fully saturated rings. The summed E-state index contributed by atoms with van der Waals surface area (Å²) in [5.41, 5.74) is 1.62. The molecule has 1 atom stereocenters. The normalized spacial score (nSPS) is 18.7. The highest BCUT2D eigenvalue weighted by molar-refractivity contribution is 7.10. The van der Waals surface area contributed by atoms with Crippen molar-refractivity contribution in [1.82, 2.24) is 10.3 Å². The largest absolute Gasteiger partial charge is 0.494 e. The minimum absolute atomic E-state index is 0.261. The smallest absolute Gasteiger partial charge is 0.165 e. The fraction of sp³-hybridized carbons (Fsp3) is 0.357. The number of rotatable bonds is 3. The lowest BCUT2D eigenvalue weighted by molar-refractivity contribution is 0.386. The summed E-state index contributed by atoms with van der Waals surface area (Å²) in [6.07, 6.45) is 2.32. The number of hydrogen-bond acceptors (Lipinski definition) is 4. The Morgan fingerprint density at radius 1 is 1.47 bits per heavy atom. The van der Waals surface area contributed by atoms with E-state index in [-0.39, 0.29) is 11.6 Å². The van der Waals surface area contributed by atoms with Gasteiger partial charge in [0.2, 0.25) is 0 Å². The molecule has 3 rings (SSSR count). The van der Waals surface area contributed by atoms with Crippen LogP contribution in [0.1, 0.15) is 23.9 Å². The van der Waals surface area contributed by atoms with E-state index in [0.717, 1.165) is 29.2 Å². The molecule has 100 valence electrons. The first-order valence-corrected chi connectivity index (χ1v) is 7.18. The van der Waals surface area contributed by atoms with Crippen molar-refractivity contribution in [2.24, 2.45) is 0 Å². The molecule has 3 nitrogen and oxygen atoms in total. The van der Waals surface area contributed by atoms with E-state index < -0.39 is 0 Å². The maximum atomic E-state index is 13.7. The SMILES string of the molecule is COc1ccc(-c2csc(C3CCCN3)n2)cc1F. The third-order valence-electron chi connectivity index (χ3n) is 3.33. The minimum atomic E-state index is -0.353. The molecule has 0 radical (unpaired) electrons. The molecule has 1 aromatic carbocycles. The molecule has 1 aliphatic rings. The van der Waals surface area contributed by atoms with Gasteiger partial charge in [-0.3, -0.25) is 0 Å². The van der Waals surface area contributed by atoms with E-state index in [1.165, 1.54) is 19.6 Å². The molecule has 0 bridgehead atoms. The van der Waals surface area contributed by atoms with Crippen molar-refractivity contribution in [2.75, 3.05) is 13.7 Å². The van der Waals surface area contributed by atoms with E-state index in [1.807, 2.05) is 11.4 Å². The van der Waals surface area contributed by atoms with E-state index in [4.69, 9.17) is 4.74 Å². The number of ether oxygens (including phenoxy) is 1. The van der Waals surface area contributed by atoms with Crippen molar-refractivity contribution >= 4 is 11.3 Å². The molecule has 0 aliphatic carbocycles. The molecule has 1 N–H and O–H groups in total. The van der Waals surface area contributed by atoms with E-state index in [1.54, 1.807) is 17.4 Å². The monoisotopic (exact) mass is 278 g/mol. The van der Waals surface area contributed by atoms with Gasteiger partial charge in [0.15, 0.2) is 11.6 Å². The average molecular weight is 278 g/mol. The number of nitrogens with one attached hydrogen (secondary N) is 1. The molecule has 0 amide bonds. The molecule has 19 heavy (non-hydrogen) atoms. The number of halogens is 1. The van der Waals surface area contributed by atoms with Gasteiger partial charge in [0.05, 0.1) is 18.8 Å². The van der Waals surface area contributed by atoms with Gasteiger partial charge in [0, 0.05) is 10.9 Å². The molecule has 5 heteroatoms. The van der Waals surface area contributed by atoms with Crippen LogP contribution in [0.15, 0.2) is 23.6 Å². The second kappa shape index (κ2) is 5.27. The van der Waals surface area contributed by atoms with Gasteiger partial charge in [-0.25, -0.2) is 9.37 Å².